The zero-order valence-corrected chi connectivity index (χ0v) is 13.7. The topological polar surface area (TPSA) is 32.3 Å². The predicted octanol–water partition coefficient (Wildman–Crippen LogP) is 3.19. The van der Waals surface area contributed by atoms with Crippen LogP contribution in [0.3, 0.4) is 0 Å². The molecule has 2 fully saturated rings. The predicted molar refractivity (Wildman–Crippen MR) is 83.6 cm³/mol. The van der Waals surface area contributed by atoms with Crippen molar-refractivity contribution in [3.63, 3.8) is 0 Å². The fourth-order valence-electron chi connectivity index (χ4n) is 3.91. The van der Waals surface area contributed by atoms with Gasteiger partial charge in [0.2, 0.25) is 5.91 Å². The largest absolute Gasteiger partial charge is 0.339 e. The van der Waals surface area contributed by atoms with Gasteiger partial charge in [0.25, 0.3) is 0 Å². The molecule has 3 atom stereocenters. The summed E-state index contributed by atoms with van der Waals surface area (Å²) in [5.41, 5.74) is 0.101. The van der Waals surface area contributed by atoms with Gasteiger partial charge >= 0.3 is 0 Å². The molecule has 1 aliphatic heterocycles. The summed E-state index contributed by atoms with van der Waals surface area (Å²) in [7, 11) is 0. The van der Waals surface area contributed by atoms with Gasteiger partial charge < -0.3 is 10.2 Å². The van der Waals surface area contributed by atoms with Crippen molar-refractivity contribution in [1.29, 1.82) is 0 Å². The zero-order valence-electron chi connectivity index (χ0n) is 13.7. The molecule has 3 heteroatoms. The molecule has 20 heavy (non-hydrogen) atoms. The summed E-state index contributed by atoms with van der Waals surface area (Å²) in [5.74, 6) is 1.93. The first-order valence-corrected chi connectivity index (χ1v) is 8.43. The molecule has 0 aromatic heterocycles. The number of nitrogens with zero attached hydrogens (tertiary/aromatic N) is 1. The number of carbonyl (C=O) groups is 1. The lowest BCUT2D eigenvalue weighted by Crippen LogP contribution is -2.53. The number of fused-ring (bicyclic) bond motifs is 1. The van der Waals surface area contributed by atoms with E-state index in [4.69, 9.17) is 0 Å². The lowest BCUT2D eigenvalue weighted by Gasteiger charge is -2.47. The Bertz CT molecular complexity index is 334. The monoisotopic (exact) mass is 280 g/mol. The van der Waals surface area contributed by atoms with Crippen LogP contribution in [0.15, 0.2) is 0 Å². The molecule has 0 aromatic rings. The van der Waals surface area contributed by atoms with E-state index >= 15 is 0 Å². The maximum Gasteiger partial charge on any atom is 0.224 e. The van der Waals surface area contributed by atoms with Crippen molar-refractivity contribution in [2.45, 2.75) is 77.8 Å². The van der Waals surface area contributed by atoms with Crippen molar-refractivity contribution in [2.24, 2.45) is 11.8 Å². The Morgan fingerprint density at radius 1 is 1.20 bits per heavy atom. The van der Waals surface area contributed by atoms with Crippen molar-refractivity contribution in [3.05, 3.63) is 0 Å². The highest BCUT2D eigenvalue weighted by molar-refractivity contribution is 5.77. The molecule has 0 radical (unpaired) electrons. The van der Waals surface area contributed by atoms with Crippen LogP contribution in [0.25, 0.3) is 0 Å². The molecular weight excluding hydrogens is 248 g/mol. The number of nitrogens with one attached hydrogen (secondary N) is 1. The van der Waals surface area contributed by atoms with Crippen molar-refractivity contribution in [2.75, 3.05) is 13.1 Å². The summed E-state index contributed by atoms with van der Waals surface area (Å²) < 4.78 is 0. The molecule has 0 aromatic carbocycles. The van der Waals surface area contributed by atoms with E-state index in [-0.39, 0.29) is 5.54 Å². The Morgan fingerprint density at radius 3 is 2.60 bits per heavy atom. The van der Waals surface area contributed by atoms with Crippen LogP contribution in [0, 0.1) is 11.8 Å². The van der Waals surface area contributed by atoms with Crippen LogP contribution in [-0.4, -0.2) is 35.5 Å². The lowest BCUT2D eigenvalue weighted by atomic mass is 9.72. The maximum atomic E-state index is 12.5. The number of hydrogen-bond acceptors (Lipinski definition) is 2. The number of hydrogen-bond donors (Lipinski definition) is 1. The average molecular weight is 280 g/mol. The number of likely N-dealkylation sites (tertiary alicyclic amines) is 1. The summed E-state index contributed by atoms with van der Waals surface area (Å²) >= 11 is 0. The molecule has 2 rings (SSSR count). The van der Waals surface area contributed by atoms with E-state index in [9.17, 15) is 4.79 Å². The zero-order chi connectivity index (χ0) is 14.8. The van der Waals surface area contributed by atoms with Crippen LogP contribution in [0.2, 0.25) is 0 Å². The van der Waals surface area contributed by atoms with Gasteiger partial charge in [-0.1, -0.05) is 19.8 Å². The van der Waals surface area contributed by atoms with Gasteiger partial charge in [0.05, 0.1) is 0 Å². The van der Waals surface area contributed by atoms with Gasteiger partial charge in [-0.15, -0.1) is 0 Å². The Balaban J connectivity index is 1.88. The third-order valence-electron chi connectivity index (χ3n) is 5.05. The lowest BCUT2D eigenvalue weighted by molar-refractivity contribution is -0.138. The van der Waals surface area contributed by atoms with Gasteiger partial charge in [0.1, 0.15) is 0 Å². The summed E-state index contributed by atoms with van der Waals surface area (Å²) in [6.07, 6.45) is 7.06. The molecule has 1 saturated carbocycles. The van der Waals surface area contributed by atoms with E-state index < -0.39 is 0 Å². The van der Waals surface area contributed by atoms with Crippen LogP contribution < -0.4 is 5.32 Å². The number of amides is 1. The van der Waals surface area contributed by atoms with Gasteiger partial charge in [-0.25, -0.2) is 0 Å². The van der Waals surface area contributed by atoms with Crippen molar-refractivity contribution in [3.8, 4) is 0 Å². The molecule has 0 bridgehead atoms. The smallest absolute Gasteiger partial charge is 0.224 e. The Morgan fingerprint density at radius 2 is 1.90 bits per heavy atom. The van der Waals surface area contributed by atoms with Gasteiger partial charge in [-0.3, -0.25) is 4.79 Å². The Labute approximate surface area is 124 Å². The van der Waals surface area contributed by atoms with Crippen molar-refractivity contribution < 1.29 is 4.79 Å². The van der Waals surface area contributed by atoms with Crippen LogP contribution in [-0.2, 0) is 4.79 Å². The van der Waals surface area contributed by atoms with E-state index in [2.05, 4.69) is 37.9 Å². The molecule has 0 spiro atoms. The summed E-state index contributed by atoms with van der Waals surface area (Å²) in [5, 5.41) is 3.43. The minimum Gasteiger partial charge on any atom is -0.339 e. The van der Waals surface area contributed by atoms with Gasteiger partial charge in [0.15, 0.2) is 0 Å². The standard InChI is InChI=1S/C17H32N2O/c1-13-10-12-19(15-8-6-5-7-14(13)15)16(20)9-11-18-17(2,3)4/h13-15,18H,5-12H2,1-4H3. The SMILES string of the molecule is CC1CCN(C(=O)CCNC(C)(C)C)C2CCCCC12. The summed E-state index contributed by atoms with van der Waals surface area (Å²) in [6, 6.07) is 0.537. The highest BCUT2D eigenvalue weighted by Gasteiger charge is 2.38. The van der Waals surface area contributed by atoms with E-state index in [0.717, 1.165) is 24.9 Å². The summed E-state index contributed by atoms with van der Waals surface area (Å²) in [6.45, 7) is 10.6. The number of carbonyl (C=O) groups excluding carboxylic acids is 1. The molecule has 1 amide bonds. The van der Waals surface area contributed by atoms with Crippen LogP contribution in [0.5, 0.6) is 0 Å². The molecule has 1 saturated heterocycles. The van der Waals surface area contributed by atoms with Crippen molar-refractivity contribution in [1.82, 2.24) is 10.2 Å². The van der Waals surface area contributed by atoms with E-state index in [0.29, 0.717) is 18.4 Å². The van der Waals surface area contributed by atoms with Gasteiger partial charge in [0, 0.05) is 31.1 Å². The quantitative estimate of drug-likeness (QED) is 0.861. The third-order valence-corrected chi connectivity index (χ3v) is 5.05. The second-order valence-corrected chi connectivity index (χ2v) is 7.80. The minimum absolute atomic E-state index is 0.101. The maximum absolute atomic E-state index is 12.5. The highest BCUT2D eigenvalue weighted by atomic mass is 16.2. The van der Waals surface area contributed by atoms with Crippen LogP contribution >= 0.6 is 0 Å². The number of rotatable bonds is 3. The minimum atomic E-state index is 0.101. The molecule has 1 heterocycles. The second-order valence-electron chi connectivity index (χ2n) is 7.80. The molecular formula is C17H32N2O. The van der Waals surface area contributed by atoms with Crippen molar-refractivity contribution >= 4 is 5.91 Å². The molecule has 116 valence electrons. The Hall–Kier alpha value is -0.570. The first-order chi connectivity index (χ1) is 9.38. The first kappa shape index (κ1) is 15.8. The summed E-state index contributed by atoms with van der Waals surface area (Å²) in [4.78, 5) is 14.7. The highest BCUT2D eigenvalue weighted by Crippen LogP contribution is 2.38. The second kappa shape index (κ2) is 6.46. The number of piperidine rings is 1. The van der Waals surface area contributed by atoms with E-state index in [1.807, 2.05) is 0 Å². The average Bonchev–Trinajstić information content (AvgIpc) is 2.38. The van der Waals surface area contributed by atoms with Gasteiger partial charge in [-0.2, -0.15) is 0 Å². The van der Waals surface area contributed by atoms with E-state index in [1.165, 1.54) is 32.1 Å². The molecule has 2 aliphatic rings. The fraction of sp³-hybridized carbons (Fsp3) is 0.941. The first-order valence-electron chi connectivity index (χ1n) is 8.43. The molecule has 3 unspecified atom stereocenters. The van der Waals surface area contributed by atoms with Gasteiger partial charge in [-0.05, 0) is 51.9 Å². The van der Waals surface area contributed by atoms with Crippen LogP contribution in [0.1, 0.15) is 66.2 Å². The third kappa shape index (κ3) is 3.97. The molecule has 1 N–H and O–H groups in total. The van der Waals surface area contributed by atoms with E-state index in [1.54, 1.807) is 0 Å². The molecule has 1 aliphatic carbocycles. The molecule has 3 nitrogen and oxygen atoms in total. The van der Waals surface area contributed by atoms with Crippen LogP contribution in [0.4, 0.5) is 0 Å². The fourth-order valence-corrected chi connectivity index (χ4v) is 3.91. The Kier molecular flexibility index (Phi) is 5.11. The normalized spacial score (nSPS) is 31.0.